The Hall–Kier alpha value is -0.290. The SMILES string of the molecule is CC1CN(c2cc(Br)nc(C(C)(C)C)n2)CCS1. The number of aromatic nitrogens is 2. The Balaban J connectivity index is 2.30. The van der Waals surface area contributed by atoms with E-state index in [-0.39, 0.29) is 5.41 Å². The summed E-state index contributed by atoms with van der Waals surface area (Å²) in [5.41, 5.74) is -0.0192. The largest absolute Gasteiger partial charge is 0.355 e. The second-order valence-corrected chi connectivity index (χ2v) is 8.11. The molecule has 0 amide bonds. The molecule has 1 aromatic heterocycles. The molecule has 100 valence electrons. The fourth-order valence-corrected chi connectivity index (χ4v) is 3.32. The molecular formula is C13H20BrN3S. The lowest BCUT2D eigenvalue weighted by Crippen LogP contribution is -2.37. The number of halogens is 1. The Morgan fingerprint density at radius 1 is 1.39 bits per heavy atom. The van der Waals surface area contributed by atoms with Gasteiger partial charge in [0, 0.05) is 35.6 Å². The molecule has 1 aromatic rings. The zero-order chi connectivity index (χ0) is 13.3. The monoisotopic (exact) mass is 329 g/mol. The number of thioether (sulfide) groups is 1. The summed E-state index contributed by atoms with van der Waals surface area (Å²) in [4.78, 5) is 11.6. The van der Waals surface area contributed by atoms with Crippen LogP contribution in [0.25, 0.3) is 0 Å². The molecule has 1 aliphatic heterocycles. The molecule has 1 atom stereocenters. The summed E-state index contributed by atoms with van der Waals surface area (Å²) >= 11 is 5.54. The van der Waals surface area contributed by atoms with Gasteiger partial charge in [0.05, 0.1) is 0 Å². The highest BCUT2D eigenvalue weighted by Gasteiger charge is 2.22. The first-order valence-corrected chi connectivity index (χ1v) is 8.12. The van der Waals surface area contributed by atoms with Crippen LogP contribution in [0.2, 0.25) is 0 Å². The Bertz CT molecular complexity index is 431. The van der Waals surface area contributed by atoms with Crippen LogP contribution in [-0.4, -0.2) is 34.1 Å². The lowest BCUT2D eigenvalue weighted by molar-refractivity contribution is 0.542. The summed E-state index contributed by atoms with van der Waals surface area (Å²) < 4.78 is 0.878. The van der Waals surface area contributed by atoms with Crippen molar-refractivity contribution in [2.45, 2.75) is 38.4 Å². The third-order valence-corrected chi connectivity index (χ3v) is 4.46. The molecule has 1 aliphatic rings. The quantitative estimate of drug-likeness (QED) is 0.737. The van der Waals surface area contributed by atoms with Gasteiger partial charge in [0.15, 0.2) is 0 Å². The zero-order valence-electron chi connectivity index (χ0n) is 11.4. The van der Waals surface area contributed by atoms with E-state index in [1.54, 1.807) is 0 Å². The van der Waals surface area contributed by atoms with Crippen LogP contribution in [0.1, 0.15) is 33.5 Å². The van der Waals surface area contributed by atoms with Crippen molar-refractivity contribution in [3.63, 3.8) is 0 Å². The van der Waals surface area contributed by atoms with Crippen molar-refractivity contribution in [2.75, 3.05) is 23.7 Å². The van der Waals surface area contributed by atoms with Crippen molar-refractivity contribution in [2.24, 2.45) is 0 Å². The maximum atomic E-state index is 4.74. The van der Waals surface area contributed by atoms with E-state index in [1.165, 1.54) is 5.75 Å². The first kappa shape index (κ1) is 14.1. The second kappa shape index (κ2) is 5.37. The average Bonchev–Trinajstić information content (AvgIpc) is 2.27. The highest BCUT2D eigenvalue weighted by molar-refractivity contribution is 9.10. The molecule has 0 spiro atoms. The predicted octanol–water partition coefficient (Wildman–Crippen LogP) is 3.48. The Morgan fingerprint density at radius 2 is 2.11 bits per heavy atom. The standard InChI is InChI=1S/C13H20BrN3S/c1-9-8-17(5-6-18-9)11-7-10(14)15-12(16-11)13(2,3)4/h7,9H,5-6,8H2,1-4H3. The molecule has 0 aliphatic carbocycles. The number of anilines is 1. The summed E-state index contributed by atoms with van der Waals surface area (Å²) in [6.07, 6.45) is 0. The van der Waals surface area contributed by atoms with Crippen LogP contribution < -0.4 is 4.90 Å². The van der Waals surface area contributed by atoms with Gasteiger partial charge in [0.25, 0.3) is 0 Å². The second-order valence-electron chi connectivity index (χ2n) is 5.75. The van der Waals surface area contributed by atoms with Gasteiger partial charge in [-0.15, -0.1) is 0 Å². The Morgan fingerprint density at radius 3 is 2.72 bits per heavy atom. The molecule has 1 saturated heterocycles. The van der Waals surface area contributed by atoms with Gasteiger partial charge in [-0.1, -0.05) is 27.7 Å². The summed E-state index contributed by atoms with van der Waals surface area (Å²) in [6, 6.07) is 2.03. The van der Waals surface area contributed by atoms with E-state index in [4.69, 9.17) is 4.98 Å². The van der Waals surface area contributed by atoms with Crippen LogP contribution in [0, 0.1) is 0 Å². The molecule has 0 bridgehead atoms. The van der Waals surface area contributed by atoms with E-state index in [0.29, 0.717) is 5.25 Å². The fraction of sp³-hybridized carbons (Fsp3) is 0.692. The summed E-state index contributed by atoms with van der Waals surface area (Å²) in [6.45, 7) is 10.9. The van der Waals surface area contributed by atoms with Gasteiger partial charge in [0.1, 0.15) is 16.2 Å². The molecule has 18 heavy (non-hydrogen) atoms. The van der Waals surface area contributed by atoms with Crippen LogP contribution in [0.3, 0.4) is 0 Å². The van der Waals surface area contributed by atoms with Crippen molar-refractivity contribution in [3.05, 3.63) is 16.5 Å². The molecule has 0 N–H and O–H groups in total. The minimum atomic E-state index is -0.0192. The van der Waals surface area contributed by atoms with E-state index in [9.17, 15) is 0 Å². The van der Waals surface area contributed by atoms with E-state index >= 15 is 0 Å². The van der Waals surface area contributed by atoms with Gasteiger partial charge in [0.2, 0.25) is 0 Å². The van der Waals surface area contributed by atoms with Crippen molar-refractivity contribution >= 4 is 33.5 Å². The molecule has 2 rings (SSSR count). The van der Waals surface area contributed by atoms with Crippen LogP contribution in [0.4, 0.5) is 5.82 Å². The number of hydrogen-bond donors (Lipinski definition) is 0. The van der Waals surface area contributed by atoms with Gasteiger partial charge in [-0.05, 0) is 15.9 Å². The van der Waals surface area contributed by atoms with Gasteiger partial charge in [-0.25, -0.2) is 9.97 Å². The molecule has 1 unspecified atom stereocenters. The Labute approximate surface area is 122 Å². The fourth-order valence-electron chi connectivity index (χ4n) is 1.93. The molecule has 5 heteroatoms. The summed E-state index contributed by atoms with van der Waals surface area (Å²) in [5.74, 6) is 3.12. The summed E-state index contributed by atoms with van der Waals surface area (Å²) in [5, 5.41) is 0.672. The molecule has 0 aromatic carbocycles. The van der Waals surface area contributed by atoms with Gasteiger partial charge in [-0.2, -0.15) is 11.8 Å². The van der Waals surface area contributed by atoms with E-state index in [2.05, 4.69) is 53.5 Å². The average molecular weight is 330 g/mol. The normalized spacial score (nSPS) is 21.2. The molecule has 3 nitrogen and oxygen atoms in total. The third-order valence-electron chi connectivity index (χ3n) is 2.92. The highest BCUT2D eigenvalue weighted by Crippen LogP contribution is 2.27. The number of hydrogen-bond acceptors (Lipinski definition) is 4. The van der Waals surface area contributed by atoms with Gasteiger partial charge in [-0.3, -0.25) is 0 Å². The minimum absolute atomic E-state index is 0.0192. The summed E-state index contributed by atoms with van der Waals surface area (Å²) in [7, 11) is 0. The smallest absolute Gasteiger partial charge is 0.137 e. The topological polar surface area (TPSA) is 29.0 Å². The predicted molar refractivity (Wildman–Crippen MR) is 82.6 cm³/mol. The van der Waals surface area contributed by atoms with Crippen LogP contribution in [-0.2, 0) is 5.41 Å². The maximum Gasteiger partial charge on any atom is 0.137 e. The van der Waals surface area contributed by atoms with Crippen molar-refractivity contribution in [3.8, 4) is 0 Å². The molecule has 0 saturated carbocycles. The first-order valence-electron chi connectivity index (χ1n) is 6.28. The van der Waals surface area contributed by atoms with Crippen LogP contribution in [0.5, 0.6) is 0 Å². The molecule has 1 fully saturated rings. The first-order chi connectivity index (χ1) is 8.36. The Kier molecular flexibility index (Phi) is 4.22. The van der Waals surface area contributed by atoms with E-state index in [0.717, 1.165) is 29.3 Å². The lowest BCUT2D eigenvalue weighted by atomic mass is 9.96. The van der Waals surface area contributed by atoms with Crippen LogP contribution >= 0.6 is 27.7 Å². The van der Waals surface area contributed by atoms with Crippen molar-refractivity contribution < 1.29 is 0 Å². The molecule has 2 heterocycles. The van der Waals surface area contributed by atoms with Gasteiger partial charge < -0.3 is 4.90 Å². The molecular weight excluding hydrogens is 310 g/mol. The van der Waals surface area contributed by atoms with E-state index in [1.807, 2.05) is 17.8 Å². The number of nitrogens with zero attached hydrogens (tertiary/aromatic N) is 3. The van der Waals surface area contributed by atoms with Crippen LogP contribution in [0.15, 0.2) is 10.7 Å². The third kappa shape index (κ3) is 3.38. The van der Waals surface area contributed by atoms with Gasteiger partial charge >= 0.3 is 0 Å². The minimum Gasteiger partial charge on any atom is -0.355 e. The lowest BCUT2D eigenvalue weighted by Gasteiger charge is -2.32. The van der Waals surface area contributed by atoms with E-state index < -0.39 is 0 Å². The van der Waals surface area contributed by atoms with Crippen molar-refractivity contribution in [1.82, 2.24) is 9.97 Å². The zero-order valence-corrected chi connectivity index (χ0v) is 13.8. The highest BCUT2D eigenvalue weighted by atomic mass is 79.9. The number of rotatable bonds is 1. The molecule has 0 radical (unpaired) electrons. The maximum absolute atomic E-state index is 4.74. The van der Waals surface area contributed by atoms with Crippen molar-refractivity contribution in [1.29, 1.82) is 0 Å².